The Morgan fingerprint density at radius 1 is 1.15 bits per heavy atom. The third kappa shape index (κ3) is 3.07. The third-order valence-corrected chi connectivity index (χ3v) is 7.03. The fourth-order valence-electron chi connectivity index (χ4n) is 5.10. The van der Waals surface area contributed by atoms with Gasteiger partial charge in [-0.25, -0.2) is 4.79 Å². The highest BCUT2D eigenvalue weighted by Gasteiger charge is 2.67. The van der Waals surface area contributed by atoms with E-state index in [1.165, 1.54) is 5.56 Å². The van der Waals surface area contributed by atoms with Gasteiger partial charge in [-0.1, -0.05) is 41.9 Å². The van der Waals surface area contributed by atoms with Gasteiger partial charge in [-0.15, -0.1) is 0 Å². The molecule has 0 N–H and O–H groups in total. The number of ether oxygens (including phenoxy) is 1. The third-order valence-electron chi connectivity index (χ3n) is 6.50. The van der Waals surface area contributed by atoms with Crippen molar-refractivity contribution in [1.29, 1.82) is 0 Å². The van der Waals surface area contributed by atoms with Crippen molar-refractivity contribution in [3.63, 3.8) is 0 Å². The molecule has 3 aliphatic rings. The predicted molar refractivity (Wildman–Crippen MR) is 106 cm³/mol. The minimum atomic E-state index is -0.477. The van der Waals surface area contributed by atoms with Gasteiger partial charge in [0.15, 0.2) is 0 Å². The molecule has 26 heavy (non-hydrogen) atoms. The first-order valence-electron chi connectivity index (χ1n) is 9.57. The summed E-state index contributed by atoms with van der Waals surface area (Å²) in [6.07, 6.45) is -0.188. The van der Waals surface area contributed by atoms with Crippen LogP contribution in [0, 0.1) is 17.3 Å². The van der Waals surface area contributed by atoms with Crippen LogP contribution in [0.2, 0.25) is 0 Å². The lowest BCUT2D eigenvalue weighted by atomic mass is 9.95. The van der Waals surface area contributed by atoms with Gasteiger partial charge in [0, 0.05) is 30.1 Å². The Labute approximate surface area is 165 Å². The second-order valence-electron chi connectivity index (χ2n) is 9.67. The zero-order valence-electron chi connectivity index (χ0n) is 16.3. The second kappa shape index (κ2) is 5.96. The number of piperidine rings is 1. The van der Waals surface area contributed by atoms with Crippen molar-refractivity contribution in [3.05, 3.63) is 34.3 Å². The standard InChI is InChI=1S/C21H29BrN2O2/c1-20(2,3)26-19(25)24-12-17-18-15(21(18,4)5)10-23(17)11-16(24)13-6-8-14(22)9-7-13/h6-9,15-18H,10-12H2,1-5H3/t15-,16-,17+,18-/m0/s1. The SMILES string of the molecule is CC(C)(C)OC(=O)N1C[C@@H]2[C@@H]3[C@H](CN2C[C@H]1c1ccc(Br)cc1)C3(C)C. The molecule has 1 aromatic rings. The van der Waals surface area contributed by atoms with Crippen LogP contribution in [0.1, 0.15) is 46.2 Å². The molecule has 2 heterocycles. The van der Waals surface area contributed by atoms with E-state index in [0.29, 0.717) is 17.4 Å². The monoisotopic (exact) mass is 420 g/mol. The van der Waals surface area contributed by atoms with E-state index in [0.717, 1.165) is 30.0 Å². The molecule has 0 unspecified atom stereocenters. The summed E-state index contributed by atoms with van der Waals surface area (Å²) >= 11 is 3.51. The van der Waals surface area contributed by atoms with Gasteiger partial charge < -0.3 is 4.74 Å². The largest absolute Gasteiger partial charge is 0.444 e. The van der Waals surface area contributed by atoms with Crippen molar-refractivity contribution in [2.45, 2.75) is 52.3 Å². The number of carbonyl (C=O) groups excluding carboxylic acids is 1. The number of hydrogen-bond donors (Lipinski definition) is 0. The summed E-state index contributed by atoms with van der Waals surface area (Å²) in [5.41, 5.74) is 1.12. The number of rotatable bonds is 1. The Hall–Kier alpha value is -1.07. The number of piperazine rings is 1. The lowest BCUT2D eigenvalue weighted by molar-refractivity contribution is -0.0170. The smallest absolute Gasteiger partial charge is 0.410 e. The number of halogens is 1. The first-order chi connectivity index (χ1) is 12.1. The van der Waals surface area contributed by atoms with Crippen LogP contribution in [-0.4, -0.2) is 47.2 Å². The van der Waals surface area contributed by atoms with Gasteiger partial charge in [0.25, 0.3) is 0 Å². The van der Waals surface area contributed by atoms with Gasteiger partial charge in [-0.2, -0.15) is 0 Å². The van der Waals surface area contributed by atoms with Crippen LogP contribution in [0.25, 0.3) is 0 Å². The van der Waals surface area contributed by atoms with Crippen molar-refractivity contribution in [2.24, 2.45) is 17.3 Å². The fourth-order valence-corrected chi connectivity index (χ4v) is 5.36. The van der Waals surface area contributed by atoms with E-state index < -0.39 is 5.60 Å². The topological polar surface area (TPSA) is 32.8 Å². The molecular formula is C21H29BrN2O2. The molecule has 142 valence electrons. The van der Waals surface area contributed by atoms with Crippen LogP contribution in [0.3, 0.4) is 0 Å². The number of fused-ring (bicyclic) bond motifs is 3. The molecule has 1 amide bonds. The molecule has 2 saturated heterocycles. The van der Waals surface area contributed by atoms with Crippen molar-refractivity contribution < 1.29 is 9.53 Å². The van der Waals surface area contributed by atoms with Gasteiger partial charge in [0.05, 0.1) is 6.04 Å². The van der Waals surface area contributed by atoms with E-state index >= 15 is 0 Å². The maximum absolute atomic E-state index is 13.0. The van der Waals surface area contributed by atoms with E-state index in [1.807, 2.05) is 25.7 Å². The molecule has 3 fully saturated rings. The van der Waals surface area contributed by atoms with Gasteiger partial charge >= 0.3 is 6.09 Å². The summed E-state index contributed by atoms with van der Waals surface area (Å²) in [7, 11) is 0. The molecule has 2 aliphatic heterocycles. The predicted octanol–water partition coefficient (Wildman–Crippen LogP) is 4.70. The zero-order chi connectivity index (χ0) is 18.9. The summed E-state index contributed by atoms with van der Waals surface area (Å²) in [6, 6.07) is 8.86. The van der Waals surface area contributed by atoms with E-state index in [2.05, 4.69) is 58.9 Å². The molecule has 0 radical (unpaired) electrons. The van der Waals surface area contributed by atoms with E-state index in [4.69, 9.17) is 4.74 Å². The van der Waals surface area contributed by atoms with Crippen LogP contribution < -0.4 is 0 Å². The Morgan fingerprint density at radius 2 is 1.81 bits per heavy atom. The molecule has 4 nitrogen and oxygen atoms in total. The summed E-state index contributed by atoms with van der Waals surface area (Å²) in [5.74, 6) is 1.48. The van der Waals surface area contributed by atoms with Crippen LogP contribution in [0.4, 0.5) is 4.79 Å². The molecular weight excluding hydrogens is 392 g/mol. The summed E-state index contributed by atoms with van der Waals surface area (Å²) < 4.78 is 6.82. The van der Waals surface area contributed by atoms with Crippen LogP contribution in [0.5, 0.6) is 0 Å². The van der Waals surface area contributed by atoms with Crippen molar-refractivity contribution in [2.75, 3.05) is 19.6 Å². The fraction of sp³-hybridized carbons (Fsp3) is 0.667. The Kier molecular flexibility index (Phi) is 4.20. The summed E-state index contributed by atoms with van der Waals surface area (Å²) in [4.78, 5) is 17.6. The molecule has 1 aromatic carbocycles. The number of carbonyl (C=O) groups is 1. The Morgan fingerprint density at radius 3 is 2.42 bits per heavy atom. The number of amides is 1. The highest BCUT2D eigenvalue weighted by Crippen LogP contribution is 2.65. The summed E-state index contributed by atoms with van der Waals surface area (Å²) in [5, 5.41) is 0. The minimum Gasteiger partial charge on any atom is -0.444 e. The first-order valence-corrected chi connectivity index (χ1v) is 10.4. The van der Waals surface area contributed by atoms with Crippen molar-refractivity contribution in [3.8, 4) is 0 Å². The van der Waals surface area contributed by atoms with Gasteiger partial charge in [0.2, 0.25) is 0 Å². The van der Waals surface area contributed by atoms with Gasteiger partial charge in [-0.3, -0.25) is 9.80 Å². The molecule has 1 saturated carbocycles. The average molecular weight is 421 g/mol. The Balaban J connectivity index is 1.61. The second-order valence-corrected chi connectivity index (χ2v) is 10.6. The number of nitrogens with zero attached hydrogens (tertiary/aromatic N) is 2. The molecule has 0 aromatic heterocycles. The maximum Gasteiger partial charge on any atom is 0.410 e. The summed E-state index contributed by atoms with van der Waals surface area (Å²) in [6.45, 7) is 13.4. The lowest BCUT2D eigenvalue weighted by Gasteiger charge is -2.46. The molecule has 0 spiro atoms. The maximum atomic E-state index is 13.0. The van der Waals surface area contributed by atoms with E-state index in [-0.39, 0.29) is 12.1 Å². The highest BCUT2D eigenvalue weighted by molar-refractivity contribution is 9.10. The van der Waals surface area contributed by atoms with Crippen molar-refractivity contribution in [1.82, 2.24) is 9.80 Å². The van der Waals surface area contributed by atoms with E-state index in [1.54, 1.807) is 0 Å². The van der Waals surface area contributed by atoms with Crippen molar-refractivity contribution >= 4 is 22.0 Å². The molecule has 5 heteroatoms. The molecule has 4 rings (SSSR count). The zero-order valence-corrected chi connectivity index (χ0v) is 17.9. The number of benzene rings is 1. The van der Waals surface area contributed by atoms with Crippen LogP contribution in [0.15, 0.2) is 28.7 Å². The number of hydrogen-bond acceptors (Lipinski definition) is 3. The van der Waals surface area contributed by atoms with Gasteiger partial charge in [-0.05, 0) is 55.7 Å². The normalized spacial score (nSPS) is 32.8. The quantitative estimate of drug-likeness (QED) is 0.659. The molecule has 0 bridgehead atoms. The van der Waals surface area contributed by atoms with Crippen LogP contribution >= 0.6 is 15.9 Å². The first kappa shape index (κ1) is 18.3. The lowest BCUT2D eigenvalue weighted by Crippen LogP contribution is -2.56. The Bertz CT molecular complexity index is 710. The van der Waals surface area contributed by atoms with Crippen LogP contribution in [-0.2, 0) is 4.74 Å². The molecule has 4 atom stereocenters. The minimum absolute atomic E-state index is 0.0508. The highest BCUT2D eigenvalue weighted by atomic mass is 79.9. The van der Waals surface area contributed by atoms with Gasteiger partial charge in [0.1, 0.15) is 5.60 Å². The average Bonchev–Trinajstić information content (AvgIpc) is 2.90. The van der Waals surface area contributed by atoms with E-state index in [9.17, 15) is 4.79 Å². The molecule has 1 aliphatic carbocycles.